The molecule has 0 aliphatic rings. The number of carbonyl (C=O) groups is 1. The molecule has 0 spiro atoms. The Bertz CT molecular complexity index is 319. The van der Waals surface area contributed by atoms with Gasteiger partial charge in [0, 0.05) is 0 Å². The number of carboxylic acid groups (broad SMARTS) is 1. The van der Waals surface area contributed by atoms with Gasteiger partial charge >= 0.3 is 17.9 Å². The van der Waals surface area contributed by atoms with Crippen molar-refractivity contribution in [1.82, 2.24) is 15.0 Å². The topological polar surface area (TPSA) is 105 Å². The number of hydrogen-bond donors (Lipinski definition) is 2. The fourth-order valence-electron chi connectivity index (χ4n) is 0.424. The highest BCUT2D eigenvalue weighted by Crippen LogP contribution is 1.92. The van der Waals surface area contributed by atoms with E-state index in [1.807, 2.05) is 4.98 Å². The number of aromatic nitrogens is 3. The second-order valence-corrected chi connectivity index (χ2v) is 1.48. The number of aromatic amines is 1. The highest BCUT2D eigenvalue weighted by molar-refractivity contribution is 5.59. The van der Waals surface area contributed by atoms with E-state index in [-0.39, 0.29) is 0 Å². The molecule has 0 atom stereocenters. The minimum absolute atomic E-state index is 0.391. The van der Waals surface area contributed by atoms with Gasteiger partial charge in [-0.05, 0) is 0 Å². The minimum atomic E-state index is -1.54. The summed E-state index contributed by atoms with van der Waals surface area (Å²) in [7, 11) is 0. The van der Waals surface area contributed by atoms with Crippen molar-refractivity contribution >= 4 is 6.16 Å². The van der Waals surface area contributed by atoms with E-state index in [1.165, 1.54) is 0 Å². The Morgan fingerprint density at radius 1 is 1.64 bits per heavy atom. The normalized spacial score (nSPS) is 9.09. The van der Waals surface area contributed by atoms with Crippen LogP contribution in [-0.2, 0) is 0 Å². The van der Waals surface area contributed by atoms with Crippen molar-refractivity contribution < 1.29 is 14.6 Å². The van der Waals surface area contributed by atoms with Crippen molar-refractivity contribution in [2.45, 2.75) is 0 Å². The van der Waals surface area contributed by atoms with Gasteiger partial charge in [-0.3, -0.25) is 4.98 Å². The summed E-state index contributed by atoms with van der Waals surface area (Å²) >= 11 is 0. The Labute approximate surface area is 59.7 Å². The number of hydrogen-bond acceptors (Lipinski definition) is 5. The Hall–Kier alpha value is -1.92. The highest BCUT2D eigenvalue weighted by atomic mass is 16.7. The van der Waals surface area contributed by atoms with Crippen LogP contribution in [0.1, 0.15) is 0 Å². The summed E-state index contributed by atoms with van der Waals surface area (Å²) in [4.78, 5) is 28.7. The maximum absolute atomic E-state index is 10.4. The molecule has 0 amide bonds. The largest absolute Gasteiger partial charge is 0.513 e. The molecule has 0 aliphatic heterocycles. The van der Waals surface area contributed by atoms with Gasteiger partial charge in [0.05, 0.1) is 0 Å². The van der Waals surface area contributed by atoms with Gasteiger partial charge in [-0.2, -0.15) is 9.97 Å². The maximum Gasteiger partial charge on any atom is 0.513 e. The molecule has 0 radical (unpaired) electrons. The van der Waals surface area contributed by atoms with E-state index in [0.29, 0.717) is 0 Å². The molecule has 0 fully saturated rings. The van der Waals surface area contributed by atoms with Crippen molar-refractivity contribution in [1.29, 1.82) is 0 Å². The van der Waals surface area contributed by atoms with Crippen molar-refractivity contribution in [2.24, 2.45) is 0 Å². The first-order valence-electron chi connectivity index (χ1n) is 2.50. The van der Waals surface area contributed by atoms with Gasteiger partial charge in [0.15, 0.2) is 0 Å². The summed E-state index contributed by atoms with van der Waals surface area (Å²) in [6.45, 7) is 0. The number of rotatable bonds is 1. The smallest absolute Gasteiger partial charge is 0.449 e. The first-order chi connectivity index (χ1) is 5.18. The van der Waals surface area contributed by atoms with E-state index in [0.717, 1.165) is 6.33 Å². The Balaban J connectivity index is 2.88. The molecule has 0 unspecified atom stereocenters. The molecule has 0 saturated carbocycles. The minimum Gasteiger partial charge on any atom is -0.449 e. The molecular formula is C4H3N3O4. The molecule has 1 aromatic rings. The van der Waals surface area contributed by atoms with E-state index >= 15 is 0 Å². The molecule has 0 aliphatic carbocycles. The fraction of sp³-hybridized carbons (Fsp3) is 0. The SMILES string of the molecule is O=C(O)Oc1ncnc(=O)[nH]1. The van der Waals surface area contributed by atoms with Crippen LogP contribution in [0.15, 0.2) is 11.1 Å². The molecule has 1 aromatic heterocycles. The van der Waals surface area contributed by atoms with Crippen molar-refractivity contribution in [2.75, 3.05) is 0 Å². The zero-order chi connectivity index (χ0) is 8.27. The molecule has 11 heavy (non-hydrogen) atoms. The number of nitrogens with zero attached hydrogens (tertiary/aromatic N) is 2. The van der Waals surface area contributed by atoms with Crippen LogP contribution in [0.25, 0.3) is 0 Å². The predicted octanol–water partition coefficient (Wildman–Crippen LogP) is -0.778. The maximum atomic E-state index is 10.4. The zero-order valence-corrected chi connectivity index (χ0v) is 5.14. The van der Waals surface area contributed by atoms with Gasteiger partial charge in [0.25, 0.3) is 0 Å². The van der Waals surface area contributed by atoms with Crippen LogP contribution in [0.4, 0.5) is 4.79 Å². The molecule has 58 valence electrons. The van der Waals surface area contributed by atoms with Crippen molar-refractivity contribution in [3.8, 4) is 6.01 Å². The first-order valence-corrected chi connectivity index (χ1v) is 2.50. The van der Waals surface area contributed by atoms with Crippen LogP contribution in [0.3, 0.4) is 0 Å². The molecule has 1 rings (SSSR count). The van der Waals surface area contributed by atoms with Gasteiger partial charge in [-0.15, -0.1) is 0 Å². The average Bonchev–Trinajstić information content (AvgIpc) is 1.85. The third-order valence-corrected chi connectivity index (χ3v) is 0.748. The predicted molar refractivity (Wildman–Crippen MR) is 31.3 cm³/mol. The van der Waals surface area contributed by atoms with E-state index in [9.17, 15) is 9.59 Å². The van der Waals surface area contributed by atoms with E-state index in [1.54, 1.807) is 0 Å². The van der Waals surface area contributed by atoms with Crippen molar-refractivity contribution in [3.63, 3.8) is 0 Å². The zero-order valence-electron chi connectivity index (χ0n) is 5.14. The third-order valence-electron chi connectivity index (χ3n) is 0.748. The monoisotopic (exact) mass is 157 g/mol. The number of nitrogens with one attached hydrogen (secondary N) is 1. The Kier molecular flexibility index (Phi) is 1.81. The third kappa shape index (κ3) is 2.05. The molecule has 2 N–H and O–H groups in total. The lowest BCUT2D eigenvalue weighted by molar-refractivity contribution is 0.140. The van der Waals surface area contributed by atoms with Crippen LogP contribution in [0, 0.1) is 0 Å². The highest BCUT2D eigenvalue weighted by Gasteiger charge is 2.01. The lowest BCUT2D eigenvalue weighted by Gasteiger charge is -1.93. The molecule has 0 saturated heterocycles. The lowest BCUT2D eigenvalue weighted by Crippen LogP contribution is -2.14. The summed E-state index contributed by atoms with van der Waals surface area (Å²) in [5.74, 6) is 0. The Morgan fingerprint density at radius 2 is 2.36 bits per heavy atom. The summed E-state index contributed by atoms with van der Waals surface area (Å²) in [5.41, 5.74) is -0.712. The second kappa shape index (κ2) is 2.78. The van der Waals surface area contributed by atoms with Crippen LogP contribution < -0.4 is 10.4 Å². The fourth-order valence-corrected chi connectivity index (χ4v) is 0.424. The Morgan fingerprint density at radius 3 is 2.91 bits per heavy atom. The summed E-state index contributed by atoms with van der Waals surface area (Å²) < 4.78 is 4.00. The average molecular weight is 157 g/mol. The van der Waals surface area contributed by atoms with Gasteiger partial charge in [0.1, 0.15) is 6.33 Å². The summed E-state index contributed by atoms with van der Waals surface area (Å²) in [6.07, 6.45) is -0.642. The van der Waals surface area contributed by atoms with E-state index < -0.39 is 17.9 Å². The second-order valence-electron chi connectivity index (χ2n) is 1.48. The van der Waals surface area contributed by atoms with Gasteiger partial charge in [0.2, 0.25) is 0 Å². The molecule has 0 bridgehead atoms. The molecular weight excluding hydrogens is 154 g/mol. The van der Waals surface area contributed by atoms with Crippen LogP contribution in [0.5, 0.6) is 6.01 Å². The van der Waals surface area contributed by atoms with Crippen LogP contribution in [-0.4, -0.2) is 26.2 Å². The first kappa shape index (κ1) is 7.19. The molecule has 0 aromatic carbocycles. The van der Waals surface area contributed by atoms with Gasteiger partial charge in [-0.25, -0.2) is 9.59 Å². The quantitative estimate of drug-likeness (QED) is 0.518. The number of ether oxygens (including phenoxy) is 1. The lowest BCUT2D eigenvalue weighted by atomic mass is 11.0. The van der Waals surface area contributed by atoms with Crippen molar-refractivity contribution in [3.05, 3.63) is 16.8 Å². The van der Waals surface area contributed by atoms with Crippen LogP contribution in [0.2, 0.25) is 0 Å². The van der Waals surface area contributed by atoms with E-state index in [4.69, 9.17) is 5.11 Å². The summed E-state index contributed by atoms with van der Waals surface area (Å²) in [6, 6.07) is -0.391. The molecule has 1 heterocycles. The number of H-pyrrole nitrogens is 1. The van der Waals surface area contributed by atoms with Crippen LogP contribution >= 0.6 is 0 Å². The molecule has 7 heteroatoms. The molecule has 7 nitrogen and oxygen atoms in total. The van der Waals surface area contributed by atoms with Gasteiger partial charge < -0.3 is 9.84 Å². The standard InChI is InChI=1S/C4H3N3O4/c8-2-5-1-6-3(7-2)11-4(9)10/h1H,(H,9,10)(H,5,6,7,8). The van der Waals surface area contributed by atoms with E-state index in [2.05, 4.69) is 14.7 Å². The van der Waals surface area contributed by atoms with Gasteiger partial charge in [-0.1, -0.05) is 0 Å². The summed E-state index contributed by atoms with van der Waals surface area (Å²) in [5, 5.41) is 8.05.